The largest absolute Gasteiger partial charge is 0.351 e. The van der Waals surface area contributed by atoms with Crippen LogP contribution in [0.2, 0.25) is 0 Å². The molecule has 160 valence electrons. The van der Waals surface area contributed by atoms with Crippen molar-refractivity contribution >= 4 is 29.2 Å². The standard InChI is InChI=1S/C25H22N4O2S/c1-2-26-25(31)21(27-24(30)18-10-5-3-6-11-18)16-19-17-29(20-12-7-4-8-13-20)28-23(19)22-14-9-15-32-22/h3-17H,2H2,1H3,(H,26,31)(H,27,30)/b21-16-. The van der Waals surface area contributed by atoms with Gasteiger partial charge in [0.1, 0.15) is 11.4 Å². The fourth-order valence-corrected chi connectivity index (χ4v) is 3.90. The minimum Gasteiger partial charge on any atom is -0.351 e. The number of hydrogen-bond acceptors (Lipinski definition) is 4. The fourth-order valence-electron chi connectivity index (χ4n) is 3.16. The van der Waals surface area contributed by atoms with E-state index in [4.69, 9.17) is 5.10 Å². The Labute approximate surface area is 190 Å². The Kier molecular flexibility index (Phi) is 6.57. The van der Waals surface area contributed by atoms with E-state index >= 15 is 0 Å². The smallest absolute Gasteiger partial charge is 0.267 e. The second kappa shape index (κ2) is 9.89. The minimum absolute atomic E-state index is 0.158. The number of rotatable bonds is 7. The average Bonchev–Trinajstić information content (AvgIpc) is 3.50. The van der Waals surface area contributed by atoms with Crippen LogP contribution in [-0.4, -0.2) is 28.1 Å². The minimum atomic E-state index is -0.360. The van der Waals surface area contributed by atoms with Gasteiger partial charge in [-0.05, 0) is 48.7 Å². The molecule has 2 aromatic carbocycles. The highest BCUT2D eigenvalue weighted by atomic mass is 32.1. The maximum atomic E-state index is 12.8. The van der Waals surface area contributed by atoms with Crippen molar-refractivity contribution in [2.24, 2.45) is 0 Å². The molecule has 6 nitrogen and oxygen atoms in total. The van der Waals surface area contributed by atoms with E-state index in [9.17, 15) is 9.59 Å². The van der Waals surface area contributed by atoms with Crippen LogP contribution in [0.3, 0.4) is 0 Å². The highest BCUT2D eigenvalue weighted by Gasteiger charge is 2.18. The molecule has 0 saturated carbocycles. The van der Waals surface area contributed by atoms with Crippen molar-refractivity contribution in [1.29, 1.82) is 0 Å². The second-order valence-electron chi connectivity index (χ2n) is 6.93. The van der Waals surface area contributed by atoms with Gasteiger partial charge < -0.3 is 10.6 Å². The van der Waals surface area contributed by atoms with E-state index in [1.807, 2.05) is 67.0 Å². The summed E-state index contributed by atoms with van der Waals surface area (Å²) in [7, 11) is 0. The van der Waals surface area contributed by atoms with E-state index in [-0.39, 0.29) is 17.5 Å². The molecule has 2 heterocycles. The third-order valence-electron chi connectivity index (χ3n) is 4.68. The molecule has 2 N–H and O–H groups in total. The monoisotopic (exact) mass is 442 g/mol. The first kappa shape index (κ1) is 21.3. The molecule has 4 rings (SSSR count). The van der Waals surface area contributed by atoms with Gasteiger partial charge in [0.25, 0.3) is 11.8 Å². The van der Waals surface area contributed by atoms with Gasteiger partial charge in [-0.15, -0.1) is 11.3 Å². The SMILES string of the molecule is CCNC(=O)/C(=C/c1cn(-c2ccccc2)nc1-c1cccs1)NC(=O)c1ccccc1. The molecule has 4 aromatic rings. The Morgan fingerprint density at radius 1 is 1.00 bits per heavy atom. The number of hydrogen-bond donors (Lipinski definition) is 2. The molecule has 0 aliphatic heterocycles. The molecule has 2 amide bonds. The molecular formula is C25H22N4O2S. The number of likely N-dealkylation sites (N-methyl/N-ethyl adjacent to an activating group) is 1. The number of carbonyl (C=O) groups excluding carboxylic acids is 2. The quantitative estimate of drug-likeness (QED) is 0.414. The lowest BCUT2D eigenvalue weighted by Crippen LogP contribution is -2.34. The van der Waals surface area contributed by atoms with Gasteiger partial charge in [-0.1, -0.05) is 42.5 Å². The summed E-state index contributed by atoms with van der Waals surface area (Å²) in [5.74, 6) is -0.711. The molecule has 0 atom stereocenters. The van der Waals surface area contributed by atoms with Crippen molar-refractivity contribution in [2.75, 3.05) is 6.54 Å². The first-order chi connectivity index (χ1) is 15.7. The number of nitrogens with one attached hydrogen (secondary N) is 2. The van der Waals surface area contributed by atoms with Gasteiger partial charge in [0, 0.05) is 23.9 Å². The van der Waals surface area contributed by atoms with Gasteiger partial charge in [-0.2, -0.15) is 5.10 Å². The molecule has 0 spiro atoms. The lowest BCUT2D eigenvalue weighted by molar-refractivity contribution is -0.117. The van der Waals surface area contributed by atoms with Crippen LogP contribution in [0.25, 0.3) is 22.3 Å². The van der Waals surface area contributed by atoms with Crippen LogP contribution in [0.1, 0.15) is 22.8 Å². The first-order valence-corrected chi connectivity index (χ1v) is 11.1. The van der Waals surface area contributed by atoms with E-state index in [2.05, 4.69) is 10.6 Å². The molecule has 7 heteroatoms. The zero-order valence-electron chi connectivity index (χ0n) is 17.5. The zero-order valence-corrected chi connectivity index (χ0v) is 18.3. The number of para-hydroxylation sites is 1. The highest BCUT2D eigenvalue weighted by Crippen LogP contribution is 2.29. The Morgan fingerprint density at radius 3 is 2.38 bits per heavy atom. The van der Waals surface area contributed by atoms with Crippen molar-refractivity contribution in [1.82, 2.24) is 20.4 Å². The summed E-state index contributed by atoms with van der Waals surface area (Å²) in [5.41, 5.74) is 3.00. The number of nitrogens with zero attached hydrogens (tertiary/aromatic N) is 2. The molecule has 2 aromatic heterocycles. The summed E-state index contributed by atoms with van der Waals surface area (Å²) in [6.07, 6.45) is 3.53. The van der Waals surface area contributed by atoms with Gasteiger partial charge >= 0.3 is 0 Å². The van der Waals surface area contributed by atoms with E-state index in [1.165, 1.54) is 0 Å². The van der Waals surface area contributed by atoms with Crippen LogP contribution < -0.4 is 10.6 Å². The lowest BCUT2D eigenvalue weighted by atomic mass is 10.1. The summed E-state index contributed by atoms with van der Waals surface area (Å²) in [4.78, 5) is 26.5. The van der Waals surface area contributed by atoms with Crippen molar-refractivity contribution in [2.45, 2.75) is 6.92 Å². The highest BCUT2D eigenvalue weighted by molar-refractivity contribution is 7.13. The fraction of sp³-hybridized carbons (Fsp3) is 0.0800. The third-order valence-corrected chi connectivity index (χ3v) is 5.56. The van der Waals surface area contributed by atoms with Crippen molar-refractivity contribution < 1.29 is 9.59 Å². The van der Waals surface area contributed by atoms with Crippen LogP contribution >= 0.6 is 11.3 Å². The molecule has 0 aliphatic rings. The number of amides is 2. The predicted molar refractivity (Wildman–Crippen MR) is 127 cm³/mol. The molecule has 32 heavy (non-hydrogen) atoms. The molecular weight excluding hydrogens is 420 g/mol. The van der Waals surface area contributed by atoms with Crippen LogP contribution in [0, 0.1) is 0 Å². The molecule has 0 aliphatic carbocycles. The van der Waals surface area contributed by atoms with Gasteiger partial charge in [-0.3, -0.25) is 9.59 Å². The normalized spacial score (nSPS) is 11.2. The van der Waals surface area contributed by atoms with Gasteiger partial charge in [0.05, 0.1) is 10.6 Å². The third kappa shape index (κ3) is 4.84. The maximum absolute atomic E-state index is 12.8. The molecule has 0 fully saturated rings. The van der Waals surface area contributed by atoms with E-state index in [0.29, 0.717) is 12.1 Å². The summed E-state index contributed by atoms with van der Waals surface area (Å²) in [6, 6.07) is 22.5. The first-order valence-electron chi connectivity index (χ1n) is 10.2. The second-order valence-corrected chi connectivity index (χ2v) is 7.88. The van der Waals surface area contributed by atoms with Gasteiger partial charge in [0.2, 0.25) is 0 Å². The van der Waals surface area contributed by atoms with Gasteiger partial charge in [0.15, 0.2) is 0 Å². The molecule has 0 radical (unpaired) electrons. The Hall–Kier alpha value is -3.97. The lowest BCUT2D eigenvalue weighted by Gasteiger charge is -2.10. The van der Waals surface area contributed by atoms with Crippen molar-refractivity contribution in [3.8, 4) is 16.3 Å². The summed E-state index contributed by atoms with van der Waals surface area (Å²) >= 11 is 1.56. The van der Waals surface area contributed by atoms with Crippen molar-refractivity contribution in [3.63, 3.8) is 0 Å². The summed E-state index contributed by atoms with van der Waals surface area (Å²) < 4.78 is 1.77. The van der Waals surface area contributed by atoms with Gasteiger partial charge in [-0.25, -0.2) is 4.68 Å². The number of thiophene rings is 1. The maximum Gasteiger partial charge on any atom is 0.267 e. The van der Waals surface area contributed by atoms with E-state index in [1.54, 1.807) is 46.4 Å². The topological polar surface area (TPSA) is 76.0 Å². The van der Waals surface area contributed by atoms with Crippen LogP contribution in [0.5, 0.6) is 0 Å². The predicted octanol–water partition coefficient (Wildman–Crippen LogP) is 4.51. The Morgan fingerprint density at radius 2 is 1.72 bits per heavy atom. The molecule has 0 saturated heterocycles. The van der Waals surface area contributed by atoms with Crippen molar-refractivity contribution in [3.05, 3.63) is 101 Å². The Bertz CT molecular complexity index is 1230. The average molecular weight is 443 g/mol. The zero-order chi connectivity index (χ0) is 22.3. The number of aromatic nitrogens is 2. The number of benzene rings is 2. The molecule has 0 unspecified atom stereocenters. The van der Waals surface area contributed by atoms with Crippen LogP contribution in [0.4, 0.5) is 0 Å². The summed E-state index contributed by atoms with van der Waals surface area (Å²) in [5, 5.41) is 12.3. The van der Waals surface area contributed by atoms with Crippen LogP contribution in [0.15, 0.2) is 90.1 Å². The Balaban J connectivity index is 1.77. The van der Waals surface area contributed by atoms with E-state index < -0.39 is 0 Å². The molecule has 0 bridgehead atoms. The van der Waals surface area contributed by atoms with Crippen LogP contribution in [-0.2, 0) is 4.79 Å². The summed E-state index contributed by atoms with van der Waals surface area (Å²) in [6.45, 7) is 2.28. The number of carbonyl (C=O) groups is 2. The van der Waals surface area contributed by atoms with E-state index in [0.717, 1.165) is 21.8 Å².